The highest BCUT2D eigenvalue weighted by atomic mass is 16.5. The van der Waals surface area contributed by atoms with Crippen LogP contribution in [0.4, 0.5) is 10.5 Å². The van der Waals surface area contributed by atoms with Gasteiger partial charge < -0.3 is 19.7 Å². The van der Waals surface area contributed by atoms with E-state index in [-0.39, 0.29) is 12.1 Å². The van der Waals surface area contributed by atoms with Gasteiger partial charge >= 0.3 is 6.03 Å². The number of nitrogens with one attached hydrogen (secondary N) is 1. The van der Waals surface area contributed by atoms with E-state index in [9.17, 15) is 4.79 Å². The van der Waals surface area contributed by atoms with E-state index in [1.165, 1.54) is 12.0 Å². The minimum atomic E-state index is -0.0648. The average Bonchev–Trinajstić information content (AvgIpc) is 2.81. The van der Waals surface area contributed by atoms with E-state index in [0.29, 0.717) is 19.7 Å². The second-order valence-electron chi connectivity index (χ2n) is 8.28. The SMILES string of the molecule is Cc1ccc(NC(=O)N2CCC(=Cc3cccc(OCC4CCCCO4)c3)CC2)cn1. The fourth-order valence-electron chi connectivity index (χ4n) is 3.94. The monoisotopic (exact) mass is 421 g/mol. The molecule has 1 aromatic heterocycles. The van der Waals surface area contributed by atoms with Crippen LogP contribution in [0.1, 0.15) is 43.4 Å². The number of piperidine rings is 1. The molecule has 0 bridgehead atoms. The zero-order valence-corrected chi connectivity index (χ0v) is 18.2. The van der Waals surface area contributed by atoms with Gasteiger partial charge in [-0.2, -0.15) is 0 Å². The lowest BCUT2D eigenvalue weighted by molar-refractivity contribution is -0.0110. The van der Waals surface area contributed by atoms with Crippen LogP contribution in [-0.4, -0.2) is 48.3 Å². The normalized spacial score (nSPS) is 19.1. The van der Waals surface area contributed by atoms with Crippen molar-refractivity contribution in [3.05, 3.63) is 59.4 Å². The van der Waals surface area contributed by atoms with Crippen LogP contribution in [0.3, 0.4) is 0 Å². The Labute approximate surface area is 184 Å². The Kier molecular flexibility index (Phi) is 7.20. The largest absolute Gasteiger partial charge is 0.491 e. The first kappa shape index (κ1) is 21.4. The Morgan fingerprint density at radius 1 is 1.26 bits per heavy atom. The Hall–Kier alpha value is -2.86. The number of rotatable bonds is 5. The van der Waals surface area contributed by atoms with Crippen LogP contribution in [0.2, 0.25) is 0 Å². The number of anilines is 1. The summed E-state index contributed by atoms with van der Waals surface area (Å²) in [7, 11) is 0. The van der Waals surface area contributed by atoms with Gasteiger partial charge in [-0.25, -0.2) is 4.79 Å². The molecule has 164 valence electrons. The number of carbonyl (C=O) groups excluding carboxylic acids is 1. The van der Waals surface area contributed by atoms with E-state index < -0.39 is 0 Å². The molecule has 2 aromatic rings. The van der Waals surface area contributed by atoms with Gasteiger partial charge in [-0.05, 0) is 68.9 Å². The number of urea groups is 1. The van der Waals surface area contributed by atoms with Gasteiger partial charge in [0.25, 0.3) is 0 Å². The first-order valence-electron chi connectivity index (χ1n) is 11.2. The van der Waals surface area contributed by atoms with Gasteiger partial charge in [0.05, 0.1) is 18.0 Å². The molecule has 2 amide bonds. The predicted octanol–water partition coefficient (Wildman–Crippen LogP) is 5.05. The summed E-state index contributed by atoms with van der Waals surface area (Å²) in [6.07, 6.45) is 9.33. The van der Waals surface area contributed by atoms with Gasteiger partial charge in [0.1, 0.15) is 12.4 Å². The molecule has 6 heteroatoms. The van der Waals surface area contributed by atoms with Crippen molar-refractivity contribution >= 4 is 17.8 Å². The van der Waals surface area contributed by atoms with E-state index >= 15 is 0 Å². The predicted molar refractivity (Wildman–Crippen MR) is 122 cm³/mol. The second-order valence-corrected chi connectivity index (χ2v) is 8.28. The fourth-order valence-corrected chi connectivity index (χ4v) is 3.94. The lowest BCUT2D eigenvalue weighted by atomic mass is 10.0. The smallest absolute Gasteiger partial charge is 0.321 e. The van der Waals surface area contributed by atoms with E-state index in [0.717, 1.165) is 55.0 Å². The number of nitrogens with zero attached hydrogens (tertiary/aromatic N) is 2. The quantitative estimate of drug-likeness (QED) is 0.734. The molecule has 2 fully saturated rings. The molecule has 0 spiro atoms. The summed E-state index contributed by atoms with van der Waals surface area (Å²) in [6, 6.07) is 11.9. The number of hydrogen-bond acceptors (Lipinski definition) is 4. The highest BCUT2D eigenvalue weighted by Crippen LogP contribution is 2.23. The maximum absolute atomic E-state index is 12.5. The van der Waals surface area contributed by atoms with Crippen molar-refractivity contribution in [1.82, 2.24) is 9.88 Å². The summed E-state index contributed by atoms with van der Waals surface area (Å²) in [5.74, 6) is 0.882. The highest BCUT2D eigenvalue weighted by Gasteiger charge is 2.19. The van der Waals surface area contributed by atoms with Crippen molar-refractivity contribution < 1.29 is 14.3 Å². The summed E-state index contributed by atoms with van der Waals surface area (Å²) < 4.78 is 11.7. The summed E-state index contributed by atoms with van der Waals surface area (Å²) in [6.45, 7) is 4.81. The van der Waals surface area contributed by atoms with Crippen molar-refractivity contribution in [2.75, 3.05) is 31.6 Å². The molecule has 1 N–H and O–H groups in total. The van der Waals surface area contributed by atoms with Gasteiger partial charge in [0.2, 0.25) is 0 Å². The van der Waals surface area contributed by atoms with Crippen LogP contribution in [0.15, 0.2) is 48.2 Å². The highest BCUT2D eigenvalue weighted by molar-refractivity contribution is 5.89. The van der Waals surface area contributed by atoms with E-state index in [4.69, 9.17) is 9.47 Å². The van der Waals surface area contributed by atoms with E-state index in [1.807, 2.05) is 36.1 Å². The minimum Gasteiger partial charge on any atom is -0.491 e. The van der Waals surface area contributed by atoms with Crippen LogP contribution in [-0.2, 0) is 4.74 Å². The van der Waals surface area contributed by atoms with E-state index in [2.05, 4.69) is 28.5 Å². The molecule has 0 radical (unpaired) electrons. The number of hydrogen-bond donors (Lipinski definition) is 1. The lowest BCUT2D eigenvalue weighted by Crippen LogP contribution is -2.39. The first-order valence-corrected chi connectivity index (χ1v) is 11.2. The number of aryl methyl sites for hydroxylation is 1. The molecule has 4 rings (SSSR count). The molecule has 3 heterocycles. The minimum absolute atomic E-state index is 0.0648. The molecule has 2 aliphatic rings. The maximum Gasteiger partial charge on any atom is 0.321 e. The summed E-state index contributed by atoms with van der Waals surface area (Å²) in [4.78, 5) is 18.6. The number of likely N-dealkylation sites (tertiary alicyclic amines) is 1. The Morgan fingerprint density at radius 3 is 2.87 bits per heavy atom. The molecule has 2 saturated heterocycles. The number of pyridine rings is 1. The topological polar surface area (TPSA) is 63.7 Å². The molecule has 1 atom stereocenters. The Morgan fingerprint density at radius 2 is 2.13 bits per heavy atom. The molecule has 0 saturated carbocycles. The molecular formula is C25H31N3O3. The van der Waals surface area contributed by atoms with Crippen molar-refractivity contribution in [1.29, 1.82) is 0 Å². The summed E-state index contributed by atoms with van der Waals surface area (Å²) in [5.41, 5.74) is 4.16. The standard InChI is InChI=1S/C25H31N3O3/c1-19-8-9-22(17-26-19)27-25(29)28-12-10-20(11-13-28)15-21-5-4-7-23(16-21)31-18-24-6-2-3-14-30-24/h4-5,7-9,15-17,24H,2-3,6,10-14,18H2,1H3,(H,27,29). The maximum atomic E-state index is 12.5. The molecular weight excluding hydrogens is 390 g/mol. The second kappa shape index (κ2) is 10.4. The molecule has 1 aromatic carbocycles. The van der Waals surface area contributed by atoms with Crippen LogP contribution < -0.4 is 10.1 Å². The number of carbonyl (C=O) groups is 1. The van der Waals surface area contributed by atoms with Crippen LogP contribution >= 0.6 is 0 Å². The average molecular weight is 422 g/mol. The third kappa shape index (κ3) is 6.31. The zero-order valence-electron chi connectivity index (χ0n) is 18.2. The van der Waals surface area contributed by atoms with Gasteiger partial charge in [0.15, 0.2) is 0 Å². The number of benzene rings is 1. The van der Waals surface area contributed by atoms with E-state index in [1.54, 1.807) is 6.20 Å². The Balaban J connectivity index is 1.27. The lowest BCUT2D eigenvalue weighted by Gasteiger charge is -2.28. The van der Waals surface area contributed by atoms with Gasteiger partial charge in [-0.3, -0.25) is 4.98 Å². The van der Waals surface area contributed by atoms with Crippen molar-refractivity contribution in [2.45, 2.75) is 45.1 Å². The third-order valence-electron chi connectivity index (χ3n) is 5.79. The van der Waals surface area contributed by atoms with Crippen molar-refractivity contribution in [2.24, 2.45) is 0 Å². The van der Waals surface area contributed by atoms with Gasteiger partial charge in [-0.15, -0.1) is 0 Å². The number of aromatic nitrogens is 1. The molecule has 6 nitrogen and oxygen atoms in total. The van der Waals surface area contributed by atoms with Crippen molar-refractivity contribution in [3.63, 3.8) is 0 Å². The molecule has 31 heavy (non-hydrogen) atoms. The number of ether oxygens (including phenoxy) is 2. The van der Waals surface area contributed by atoms with Crippen molar-refractivity contribution in [3.8, 4) is 5.75 Å². The van der Waals surface area contributed by atoms with Gasteiger partial charge in [-0.1, -0.05) is 23.8 Å². The van der Waals surface area contributed by atoms with Crippen LogP contribution in [0.25, 0.3) is 6.08 Å². The number of amides is 2. The summed E-state index contributed by atoms with van der Waals surface area (Å²) >= 11 is 0. The fraction of sp³-hybridized carbons (Fsp3) is 0.440. The van der Waals surface area contributed by atoms with Crippen LogP contribution in [0, 0.1) is 6.92 Å². The molecule has 2 aliphatic heterocycles. The zero-order chi connectivity index (χ0) is 21.5. The molecule has 1 unspecified atom stereocenters. The summed E-state index contributed by atoms with van der Waals surface area (Å²) in [5, 5.41) is 2.93. The first-order chi connectivity index (χ1) is 15.2. The van der Waals surface area contributed by atoms with Gasteiger partial charge in [0, 0.05) is 25.4 Å². The van der Waals surface area contributed by atoms with Crippen LogP contribution in [0.5, 0.6) is 5.75 Å². The third-order valence-corrected chi connectivity index (χ3v) is 5.79. The molecule has 0 aliphatic carbocycles. The Bertz CT molecular complexity index is 894.